The van der Waals surface area contributed by atoms with Gasteiger partial charge < -0.3 is 15.3 Å². The van der Waals surface area contributed by atoms with Crippen LogP contribution in [0.25, 0.3) is 44.3 Å². The molecule has 1 saturated heterocycles. The van der Waals surface area contributed by atoms with Gasteiger partial charge in [0.05, 0.1) is 27.6 Å². The normalized spacial score (nSPS) is 14.5. The van der Waals surface area contributed by atoms with Gasteiger partial charge in [-0.25, -0.2) is 9.78 Å². The first-order valence-corrected chi connectivity index (χ1v) is 14.4. The molecule has 8 nitrogen and oxygen atoms in total. The lowest BCUT2D eigenvalue weighted by Crippen LogP contribution is -2.36. The summed E-state index contributed by atoms with van der Waals surface area (Å²) in [4.78, 5) is 38.5. The lowest BCUT2D eigenvalue weighted by Gasteiger charge is -2.32. The summed E-state index contributed by atoms with van der Waals surface area (Å²) < 4.78 is 1.94. The number of aromatic nitrogens is 4. The van der Waals surface area contributed by atoms with Gasteiger partial charge >= 0.3 is 5.69 Å². The minimum absolute atomic E-state index is 0.0333. The van der Waals surface area contributed by atoms with Crippen molar-refractivity contribution < 1.29 is 0 Å². The van der Waals surface area contributed by atoms with Crippen LogP contribution in [0.5, 0.6) is 0 Å². The van der Waals surface area contributed by atoms with Crippen molar-refractivity contribution in [1.29, 1.82) is 0 Å². The van der Waals surface area contributed by atoms with E-state index in [1.165, 1.54) is 5.56 Å². The number of benzene rings is 3. The first-order chi connectivity index (χ1) is 20.6. The van der Waals surface area contributed by atoms with E-state index in [0.29, 0.717) is 10.9 Å². The highest BCUT2D eigenvalue weighted by molar-refractivity contribution is 5.91. The van der Waals surface area contributed by atoms with Crippen molar-refractivity contribution in [2.24, 2.45) is 0 Å². The van der Waals surface area contributed by atoms with Crippen molar-refractivity contribution in [2.75, 3.05) is 25.5 Å². The van der Waals surface area contributed by atoms with Gasteiger partial charge in [0.2, 0.25) is 0 Å². The third-order valence-corrected chi connectivity index (χ3v) is 8.40. The molecule has 0 saturated carbocycles. The fourth-order valence-corrected chi connectivity index (χ4v) is 6.17. The average molecular weight is 557 g/mol. The molecule has 0 spiro atoms. The predicted molar refractivity (Wildman–Crippen MR) is 169 cm³/mol. The number of H-pyrrole nitrogens is 2. The molecule has 3 aromatic carbocycles. The molecule has 3 N–H and O–H groups in total. The molecule has 0 atom stereocenters. The van der Waals surface area contributed by atoms with Gasteiger partial charge in [0.15, 0.2) is 0 Å². The van der Waals surface area contributed by atoms with Crippen LogP contribution in [-0.4, -0.2) is 44.6 Å². The van der Waals surface area contributed by atoms with Crippen LogP contribution < -0.4 is 16.6 Å². The number of piperidine rings is 1. The predicted octanol–water partition coefficient (Wildman–Crippen LogP) is 5.78. The molecule has 210 valence electrons. The molecule has 4 heterocycles. The van der Waals surface area contributed by atoms with Crippen LogP contribution in [-0.2, 0) is 6.54 Å². The van der Waals surface area contributed by atoms with Gasteiger partial charge in [0.25, 0.3) is 5.56 Å². The zero-order valence-electron chi connectivity index (χ0n) is 23.4. The minimum atomic E-state index is -0.139. The molecule has 0 amide bonds. The largest absolute Gasteiger partial charge is 0.388 e. The molecule has 1 fully saturated rings. The van der Waals surface area contributed by atoms with Crippen LogP contribution in [0.3, 0.4) is 0 Å². The molecule has 0 bridgehead atoms. The van der Waals surface area contributed by atoms with Gasteiger partial charge in [-0.2, -0.15) is 0 Å². The Morgan fingerprint density at radius 3 is 2.45 bits per heavy atom. The van der Waals surface area contributed by atoms with E-state index in [4.69, 9.17) is 4.98 Å². The maximum atomic E-state index is 12.8. The van der Waals surface area contributed by atoms with E-state index in [0.717, 1.165) is 71.6 Å². The Labute approximate surface area is 242 Å². The third kappa shape index (κ3) is 4.80. The van der Waals surface area contributed by atoms with E-state index in [9.17, 15) is 9.59 Å². The van der Waals surface area contributed by atoms with E-state index < -0.39 is 0 Å². The first-order valence-electron chi connectivity index (χ1n) is 14.4. The van der Waals surface area contributed by atoms with E-state index in [1.807, 2.05) is 72.3 Å². The fourth-order valence-electron chi connectivity index (χ4n) is 6.17. The summed E-state index contributed by atoms with van der Waals surface area (Å²) in [5, 5.41) is 3.75. The molecule has 42 heavy (non-hydrogen) atoms. The number of imidazole rings is 1. The summed E-state index contributed by atoms with van der Waals surface area (Å²) >= 11 is 0. The van der Waals surface area contributed by atoms with Crippen LogP contribution in [0, 0.1) is 0 Å². The number of fused-ring (bicyclic) bond motifs is 2. The number of anilines is 1. The Hall–Kier alpha value is -4.95. The molecule has 3 aromatic heterocycles. The highest BCUT2D eigenvalue weighted by atomic mass is 16.1. The quantitative estimate of drug-likeness (QED) is 0.242. The molecular formula is C34H32N6O2. The van der Waals surface area contributed by atoms with Crippen molar-refractivity contribution in [3.63, 3.8) is 0 Å². The van der Waals surface area contributed by atoms with E-state index in [1.54, 1.807) is 6.20 Å². The van der Waals surface area contributed by atoms with Crippen molar-refractivity contribution >= 4 is 27.6 Å². The zero-order chi connectivity index (χ0) is 28.6. The van der Waals surface area contributed by atoms with Crippen LogP contribution in [0.15, 0.2) is 101 Å². The standard InChI is InChI=1S/C34H32N6O2/c1-35-25-11-12-30-31(19-25)40(34(42)38-30)26-14-17-39(18-15-26)21-22-7-9-24(10-8-22)32-27(23-5-3-2-4-6-23)20-28-29(37-32)13-16-36-33(28)41/h2-13,16,19-20,26,35H,14-15,17-18,21H2,1H3,(H,36,41)(H,38,42). The smallest absolute Gasteiger partial charge is 0.326 e. The number of aromatic amines is 2. The van der Waals surface area contributed by atoms with Crippen molar-refractivity contribution in [2.45, 2.75) is 25.4 Å². The second-order valence-corrected chi connectivity index (χ2v) is 11.0. The fraction of sp³-hybridized carbons (Fsp3) is 0.206. The number of pyridine rings is 2. The van der Waals surface area contributed by atoms with Gasteiger partial charge in [-0.05, 0) is 54.3 Å². The number of nitrogens with zero attached hydrogens (tertiary/aromatic N) is 3. The van der Waals surface area contributed by atoms with Gasteiger partial charge in [0, 0.05) is 55.7 Å². The summed E-state index contributed by atoms with van der Waals surface area (Å²) in [5.41, 5.74) is 8.41. The Morgan fingerprint density at radius 1 is 0.905 bits per heavy atom. The molecule has 1 aliphatic heterocycles. The molecule has 1 aliphatic rings. The Bertz CT molecular complexity index is 2000. The molecule has 0 unspecified atom stereocenters. The number of hydrogen-bond donors (Lipinski definition) is 3. The molecule has 8 heteroatoms. The second-order valence-electron chi connectivity index (χ2n) is 11.0. The van der Waals surface area contributed by atoms with Crippen molar-refractivity contribution in [1.82, 2.24) is 24.4 Å². The number of nitrogens with one attached hydrogen (secondary N) is 3. The van der Waals surface area contributed by atoms with Gasteiger partial charge in [-0.3, -0.25) is 14.3 Å². The summed E-state index contributed by atoms with van der Waals surface area (Å²) in [6, 6.07) is 28.6. The molecule has 7 rings (SSSR count). The molecular weight excluding hydrogens is 524 g/mol. The lowest BCUT2D eigenvalue weighted by molar-refractivity contribution is 0.180. The topological polar surface area (TPSA) is 98.8 Å². The van der Waals surface area contributed by atoms with Crippen molar-refractivity contribution in [3.8, 4) is 22.4 Å². The molecule has 0 aliphatic carbocycles. The SMILES string of the molecule is CNc1ccc2[nH]c(=O)n(C3CCN(Cc4ccc(-c5nc6cc[nH]c(=O)c6cc5-c5ccccc5)cc4)CC3)c2c1. The Morgan fingerprint density at radius 2 is 1.69 bits per heavy atom. The van der Waals surface area contributed by atoms with Gasteiger partial charge in [-0.1, -0.05) is 54.6 Å². The highest BCUT2D eigenvalue weighted by Crippen LogP contribution is 2.33. The van der Waals surface area contributed by atoms with Crippen LogP contribution >= 0.6 is 0 Å². The number of hydrogen-bond acceptors (Lipinski definition) is 5. The summed E-state index contributed by atoms with van der Waals surface area (Å²) in [5.74, 6) is 0. The zero-order valence-corrected chi connectivity index (χ0v) is 23.4. The molecule has 6 aromatic rings. The monoisotopic (exact) mass is 556 g/mol. The van der Waals surface area contributed by atoms with E-state index in [2.05, 4.69) is 44.5 Å². The lowest BCUT2D eigenvalue weighted by atomic mass is 9.97. The summed E-state index contributed by atoms with van der Waals surface area (Å²) in [6.45, 7) is 2.71. The van der Waals surface area contributed by atoms with Crippen LogP contribution in [0.2, 0.25) is 0 Å². The maximum absolute atomic E-state index is 12.8. The molecule has 0 radical (unpaired) electrons. The Balaban J connectivity index is 1.10. The minimum Gasteiger partial charge on any atom is -0.388 e. The summed E-state index contributed by atoms with van der Waals surface area (Å²) in [7, 11) is 1.89. The van der Waals surface area contributed by atoms with Gasteiger partial charge in [-0.15, -0.1) is 0 Å². The number of likely N-dealkylation sites (tertiary alicyclic amines) is 1. The average Bonchev–Trinajstić information content (AvgIpc) is 3.36. The highest BCUT2D eigenvalue weighted by Gasteiger charge is 2.24. The van der Waals surface area contributed by atoms with Crippen LogP contribution in [0.4, 0.5) is 5.69 Å². The van der Waals surface area contributed by atoms with Crippen molar-refractivity contribution in [3.05, 3.63) is 118 Å². The third-order valence-electron chi connectivity index (χ3n) is 8.40. The van der Waals surface area contributed by atoms with E-state index in [-0.39, 0.29) is 17.3 Å². The Kier molecular flexibility index (Phi) is 6.68. The maximum Gasteiger partial charge on any atom is 0.326 e. The first kappa shape index (κ1) is 26.0. The van der Waals surface area contributed by atoms with Crippen LogP contribution in [0.1, 0.15) is 24.4 Å². The van der Waals surface area contributed by atoms with Gasteiger partial charge in [0.1, 0.15) is 0 Å². The number of rotatable bonds is 6. The second kappa shape index (κ2) is 10.8. The summed E-state index contributed by atoms with van der Waals surface area (Å²) in [6.07, 6.45) is 3.50. The van der Waals surface area contributed by atoms with E-state index >= 15 is 0 Å².